The van der Waals surface area contributed by atoms with Gasteiger partial charge < -0.3 is 9.88 Å². The van der Waals surface area contributed by atoms with E-state index in [0.717, 1.165) is 11.4 Å². The first-order valence-electron chi connectivity index (χ1n) is 6.23. The number of pyridine rings is 1. The summed E-state index contributed by atoms with van der Waals surface area (Å²) < 4.78 is 26.2. The van der Waals surface area contributed by atoms with Crippen LogP contribution in [0.5, 0.6) is 0 Å². The Balaban J connectivity index is 1.76. The molecule has 3 heterocycles. The molecule has 0 bridgehead atoms. The molecule has 19 heavy (non-hydrogen) atoms. The number of halogens is 2. The van der Waals surface area contributed by atoms with Crippen LogP contribution < -0.4 is 4.90 Å². The van der Waals surface area contributed by atoms with Gasteiger partial charge in [0.15, 0.2) is 0 Å². The molecule has 0 atom stereocenters. The molecule has 0 unspecified atom stereocenters. The van der Waals surface area contributed by atoms with E-state index in [9.17, 15) is 8.78 Å². The van der Waals surface area contributed by atoms with Crippen LogP contribution in [-0.4, -0.2) is 34.0 Å². The summed E-state index contributed by atoms with van der Waals surface area (Å²) in [6, 6.07) is 5.61. The van der Waals surface area contributed by atoms with Crippen LogP contribution >= 0.6 is 0 Å². The van der Waals surface area contributed by atoms with Crippen molar-refractivity contribution >= 4 is 5.95 Å². The first-order chi connectivity index (χ1) is 9.14. The molecule has 0 saturated carbocycles. The molecule has 1 fully saturated rings. The molecule has 0 aromatic carbocycles. The number of alkyl halides is 2. The molecule has 100 valence electrons. The number of aromatic nitrogens is 3. The zero-order valence-corrected chi connectivity index (χ0v) is 10.3. The highest BCUT2D eigenvalue weighted by molar-refractivity contribution is 5.55. The predicted octanol–water partition coefficient (Wildman–Crippen LogP) is 2.71. The highest BCUT2D eigenvalue weighted by atomic mass is 19.3. The molecule has 6 heteroatoms. The number of hydrogen-bond acceptors (Lipinski definition) is 3. The lowest BCUT2D eigenvalue weighted by molar-refractivity contribution is -0.0222. The fourth-order valence-electron chi connectivity index (χ4n) is 2.17. The third-order valence-electron chi connectivity index (χ3n) is 3.30. The largest absolute Gasteiger partial charge is 0.342 e. The molecule has 1 aliphatic heterocycles. The average molecular weight is 264 g/mol. The minimum Gasteiger partial charge on any atom is -0.342 e. The van der Waals surface area contributed by atoms with Gasteiger partial charge >= 0.3 is 0 Å². The number of hydrogen-bond donors (Lipinski definition) is 1. The van der Waals surface area contributed by atoms with Gasteiger partial charge in [-0.3, -0.25) is 4.98 Å². The van der Waals surface area contributed by atoms with Crippen molar-refractivity contribution in [1.82, 2.24) is 15.0 Å². The number of aromatic amines is 1. The van der Waals surface area contributed by atoms with Crippen molar-refractivity contribution in [2.24, 2.45) is 0 Å². The van der Waals surface area contributed by atoms with Crippen LogP contribution in [-0.2, 0) is 0 Å². The Morgan fingerprint density at radius 3 is 2.63 bits per heavy atom. The van der Waals surface area contributed by atoms with Crippen LogP contribution in [0.15, 0.2) is 30.6 Å². The lowest BCUT2D eigenvalue weighted by Gasteiger charge is -2.31. The monoisotopic (exact) mass is 264 g/mol. The van der Waals surface area contributed by atoms with Crippen molar-refractivity contribution in [3.8, 4) is 11.4 Å². The molecule has 0 radical (unpaired) electrons. The summed E-state index contributed by atoms with van der Waals surface area (Å²) in [5.74, 6) is -1.90. The van der Waals surface area contributed by atoms with E-state index in [2.05, 4.69) is 15.0 Å². The maximum atomic E-state index is 13.1. The third-order valence-corrected chi connectivity index (χ3v) is 3.30. The second kappa shape index (κ2) is 4.60. The lowest BCUT2D eigenvalue weighted by Crippen LogP contribution is -2.39. The van der Waals surface area contributed by atoms with Crippen LogP contribution in [0, 0.1) is 0 Å². The Hall–Kier alpha value is -1.98. The Bertz CT molecular complexity index is 543. The molecule has 2 aromatic heterocycles. The van der Waals surface area contributed by atoms with Crippen LogP contribution in [0.2, 0.25) is 0 Å². The standard InChI is InChI=1S/C13H14F2N4/c14-13(15)4-7-19(8-5-13)12-17-9-11(18-12)10-3-1-2-6-16-10/h1-3,6,9H,4-5,7-8H2,(H,17,18). The van der Waals surface area contributed by atoms with Crippen LogP contribution in [0.1, 0.15) is 12.8 Å². The smallest absolute Gasteiger partial charge is 0.251 e. The number of anilines is 1. The van der Waals surface area contributed by atoms with E-state index in [1.54, 1.807) is 12.4 Å². The lowest BCUT2D eigenvalue weighted by atomic mass is 10.1. The fourth-order valence-corrected chi connectivity index (χ4v) is 2.17. The number of nitrogens with zero attached hydrogens (tertiary/aromatic N) is 3. The summed E-state index contributed by atoms with van der Waals surface area (Å²) in [5.41, 5.74) is 1.59. The number of piperidine rings is 1. The van der Waals surface area contributed by atoms with Crippen LogP contribution in [0.25, 0.3) is 11.4 Å². The van der Waals surface area contributed by atoms with Gasteiger partial charge in [-0.2, -0.15) is 0 Å². The van der Waals surface area contributed by atoms with E-state index in [4.69, 9.17) is 0 Å². The molecule has 3 rings (SSSR count). The van der Waals surface area contributed by atoms with Gasteiger partial charge in [0.2, 0.25) is 5.95 Å². The van der Waals surface area contributed by atoms with Crippen molar-refractivity contribution in [3.05, 3.63) is 30.6 Å². The number of H-pyrrole nitrogens is 1. The predicted molar refractivity (Wildman–Crippen MR) is 68.2 cm³/mol. The van der Waals surface area contributed by atoms with Gasteiger partial charge in [-0.15, -0.1) is 0 Å². The maximum Gasteiger partial charge on any atom is 0.251 e. The summed E-state index contributed by atoms with van der Waals surface area (Å²) in [6.07, 6.45) is 3.15. The summed E-state index contributed by atoms with van der Waals surface area (Å²) >= 11 is 0. The summed E-state index contributed by atoms with van der Waals surface area (Å²) in [4.78, 5) is 13.5. The quantitative estimate of drug-likeness (QED) is 0.907. The molecule has 1 saturated heterocycles. The summed E-state index contributed by atoms with van der Waals surface area (Å²) in [6.45, 7) is 0.643. The van der Waals surface area contributed by atoms with Gasteiger partial charge in [0.1, 0.15) is 0 Å². The fraction of sp³-hybridized carbons (Fsp3) is 0.385. The Morgan fingerprint density at radius 1 is 1.16 bits per heavy atom. The van der Waals surface area contributed by atoms with Gasteiger partial charge in [-0.1, -0.05) is 6.07 Å². The number of nitrogens with one attached hydrogen (secondary N) is 1. The van der Waals surface area contributed by atoms with Gasteiger partial charge in [0.05, 0.1) is 17.6 Å². The van der Waals surface area contributed by atoms with Gasteiger partial charge in [-0.05, 0) is 12.1 Å². The molecular weight excluding hydrogens is 250 g/mol. The van der Waals surface area contributed by atoms with E-state index in [1.165, 1.54) is 0 Å². The Labute approximate surface area is 109 Å². The average Bonchev–Trinajstić information content (AvgIpc) is 2.89. The zero-order valence-electron chi connectivity index (χ0n) is 10.3. The molecule has 1 N–H and O–H groups in total. The highest BCUT2D eigenvalue weighted by Gasteiger charge is 2.34. The molecule has 1 aliphatic rings. The van der Waals surface area contributed by atoms with E-state index in [-0.39, 0.29) is 12.8 Å². The number of rotatable bonds is 2. The topological polar surface area (TPSA) is 44.8 Å². The third kappa shape index (κ3) is 2.57. The first kappa shape index (κ1) is 12.1. The summed E-state index contributed by atoms with van der Waals surface area (Å²) in [5, 5.41) is 0. The van der Waals surface area contributed by atoms with Gasteiger partial charge in [0.25, 0.3) is 5.92 Å². The SMILES string of the molecule is FC1(F)CCN(c2ncc(-c3ccccn3)[nH]2)CC1. The Kier molecular flexibility index (Phi) is 2.93. The van der Waals surface area contributed by atoms with Crippen molar-refractivity contribution < 1.29 is 8.78 Å². The van der Waals surface area contributed by atoms with Gasteiger partial charge in [0, 0.05) is 32.1 Å². The van der Waals surface area contributed by atoms with Crippen molar-refractivity contribution in [1.29, 1.82) is 0 Å². The normalized spacial score (nSPS) is 18.5. The maximum absolute atomic E-state index is 13.1. The molecule has 4 nitrogen and oxygen atoms in total. The minimum atomic E-state index is -2.53. The van der Waals surface area contributed by atoms with E-state index in [1.807, 2.05) is 23.1 Å². The van der Waals surface area contributed by atoms with Crippen LogP contribution in [0.4, 0.5) is 14.7 Å². The van der Waals surface area contributed by atoms with Crippen molar-refractivity contribution in [2.75, 3.05) is 18.0 Å². The second-order valence-electron chi connectivity index (χ2n) is 4.68. The molecule has 0 spiro atoms. The first-order valence-corrected chi connectivity index (χ1v) is 6.23. The van der Waals surface area contributed by atoms with Crippen molar-refractivity contribution in [2.45, 2.75) is 18.8 Å². The van der Waals surface area contributed by atoms with E-state index < -0.39 is 5.92 Å². The zero-order chi connectivity index (χ0) is 13.3. The molecule has 0 amide bonds. The molecular formula is C13H14F2N4. The summed E-state index contributed by atoms with van der Waals surface area (Å²) in [7, 11) is 0. The molecule has 0 aliphatic carbocycles. The minimum absolute atomic E-state index is 0.118. The van der Waals surface area contributed by atoms with E-state index >= 15 is 0 Å². The Morgan fingerprint density at radius 2 is 1.95 bits per heavy atom. The highest BCUT2D eigenvalue weighted by Crippen LogP contribution is 2.29. The second-order valence-corrected chi connectivity index (χ2v) is 4.68. The van der Waals surface area contributed by atoms with E-state index in [0.29, 0.717) is 19.0 Å². The van der Waals surface area contributed by atoms with Crippen molar-refractivity contribution in [3.63, 3.8) is 0 Å². The van der Waals surface area contributed by atoms with Crippen LogP contribution in [0.3, 0.4) is 0 Å². The number of imidazole rings is 1. The van der Waals surface area contributed by atoms with Gasteiger partial charge in [-0.25, -0.2) is 13.8 Å². The molecule has 2 aromatic rings.